The van der Waals surface area contributed by atoms with Gasteiger partial charge in [-0.2, -0.15) is 4.41 Å². The number of nitrogens with zero attached hydrogens (tertiary/aromatic N) is 6. The minimum absolute atomic E-state index is 0.0124. The summed E-state index contributed by atoms with van der Waals surface area (Å²) in [5.41, 5.74) is 1.40. The van der Waals surface area contributed by atoms with E-state index in [-0.39, 0.29) is 31.6 Å². The third-order valence-corrected chi connectivity index (χ3v) is 11.1. The van der Waals surface area contributed by atoms with Crippen LogP contribution in [-0.2, 0) is 15.7 Å². The number of nitrogens with one attached hydrogen (secondary N) is 1. The van der Waals surface area contributed by atoms with E-state index in [2.05, 4.69) is 19.8 Å². The number of piperazine rings is 1. The van der Waals surface area contributed by atoms with Crippen LogP contribution in [0, 0.1) is 17.6 Å². The van der Waals surface area contributed by atoms with Gasteiger partial charge in [0.25, 0.3) is 0 Å². The topological polar surface area (TPSA) is 133 Å². The fraction of sp³-hybridized carbons (Fsp3) is 0.417. The molecule has 3 aliphatic rings. The Morgan fingerprint density at radius 1 is 0.923 bits per heavy atom. The first-order valence-corrected chi connectivity index (χ1v) is 18.5. The van der Waals surface area contributed by atoms with E-state index in [0.29, 0.717) is 26.9 Å². The van der Waals surface area contributed by atoms with Gasteiger partial charge in [-0.05, 0) is 74.2 Å². The second-order valence-corrected chi connectivity index (χ2v) is 14.5. The summed E-state index contributed by atoms with van der Waals surface area (Å²) in [7, 11) is -3.47. The van der Waals surface area contributed by atoms with Crippen LogP contribution in [0.5, 0.6) is 0 Å². The maximum Gasteiger partial charge on any atom is 0.317 e. The van der Waals surface area contributed by atoms with E-state index in [1.54, 1.807) is 12.3 Å². The molecule has 2 aromatic heterocycles. The molecule has 0 saturated carbocycles. The first-order chi connectivity index (χ1) is 25.0. The average molecular weight is 740 g/mol. The van der Waals surface area contributed by atoms with Gasteiger partial charge < -0.3 is 15.0 Å². The van der Waals surface area contributed by atoms with E-state index < -0.39 is 51.7 Å². The second-order valence-electron chi connectivity index (χ2n) is 13.7. The van der Waals surface area contributed by atoms with Crippen LogP contribution in [0.15, 0.2) is 54.9 Å². The van der Waals surface area contributed by atoms with Gasteiger partial charge in [0.05, 0.1) is 18.7 Å². The number of hydrogen-bond acceptors (Lipinski definition) is 9. The highest BCUT2D eigenvalue weighted by atomic mass is 32.2. The van der Waals surface area contributed by atoms with Crippen molar-refractivity contribution in [1.82, 2.24) is 24.8 Å². The Morgan fingerprint density at radius 2 is 1.65 bits per heavy atom. The number of carbonyl (C=O) groups is 2. The Hall–Kier alpha value is -4.51. The predicted octanol–water partition coefficient (Wildman–Crippen LogP) is 3.95. The average Bonchev–Trinajstić information content (AvgIpc) is 3.76. The number of fused-ring (bicyclic) bond motifs is 1. The zero-order valence-corrected chi connectivity index (χ0v) is 29.3. The summed E-state index contributed by atoms with van der Waals surface area (Å²) < 4.78 is 69.8. The third-order valence-electron chi connectivity index (χ3n) is 10.3. The molecule has 2 aromatic carbocycles. The molecule has 0 aliphatic carbocycles. The molecular formula is C36H40F3N7O5S. The third kappa shape index (κ3) is 7.51. The number of hydrazine groups is 1. The van der Waals surface area contributed by atoms with Crippen LogP contribution in [-0.4, -0.2) is 122 Å². The number of carboxylic acid groups (broad SMARTS) is 1. The lowest BCUT2D eigenvalue weighted by Crippen LogP contribution is -2.49. The van der Waals surface area contributed by atoms with Crippen molar-refractivity contribution in [3.05, 3.63) is 77.6 Å². The van der Waals surface area contributed by atoms with Crippen LogP contribution in [0.1, 0.15) is 35.2 Å². The molecular weight excluding hydrogens is 700 g/mol. The number of aromatic nitrogens is 2. The monoisotopic (exact) mass is 739 g/mol. The molecule has 4 aromatic rings. The van der Waals surface area contributed by atoms with Gasteiger partial charge in [-0.3, -0.25) is 19.4 Å². The predicted molar refractivity (Wildman–Crippen MR) is 191 cm³/mol. The maximum atomic E-state index is 15.9. The molecule has 276 valence electrons. The van der Waals surface area contributed by atoms with Crippen LogP contribution in [0.2, 0.25) is 0 Å². The van der Waals surface area contributed by atoms with Crippen LogP contribution in [0.3, 0.4) is 0 Å². The molecule has 0 unspecified atom stereocenters. The number of likely N-dealkylation sites (tertiary alicyclic amines) is 1. The van der Waals surface area contributed by atoms with Crippen LogP contribution >= 0.6 is 0 Å². The Bertz CT molecular complexity index is 2020. The van der Waals surface area contributed by atoms with Crippen molar-refractivity contribution in [2.24, 2.45) is 5.92 Å². The second kappa shape index (κ2) is 15.2. The minimum Gasteiger partial charge on any atom is -0.480 e. The van der Waals surface area contributed by atoms with Crippen molar-refractivity contribution >= 4 is 45.1 Å². The number of piperidine rings is 1. The van der Waals surface area contributed by atoms with Crippen LogP contribution in [0.25, 0.3) is 22.2 Å². The molecule has 5 heterocycles. The fourth-order valence-electron chi connectivity index (χ4n) is 7.54. The van der Waals surface area contributed by atoms with Gasteiger partial charge in [-0.1, -0.05) is 12.1 Å². The standard InChI is InChI=1S/C36H40F3N7O5S/c37-26-9-12-45(21-26)46(52(50)51)31-6-5-30(38)33(34(31)39)35(49)29-19-41-36-28(29)17-25(18-40-36)24-1-3-27(4-2-24)44-15-13-43(14-16-44)20-23-7-10-42(11-8-23)22-32(47)48/h1-6,17-19,23,26,52H,7-16,20-22H2,(H,40,41)(H,47,48)/t26-/m1/s1. The van der Waals surface area contributed by atoms with Gasteiger partial charge >= 0.3 is 5.97 Å². The number of halogens is 3. The number of aromatic amines is 1. The molecule has 52 heavy (non-hydrogen) atoms. The smallest absolute Gasteiger partial charge is 0.317 e. The number of carboxylic acids is 1. The van der Waals surface area contributed by atoms with Crippen molar-refractivity contribution in [2.45, 2.75) is 25.4 Å². The van der Waals surface area contributed by atoms with Crippen LogP contribution in [0.4, 0.5) is 24.5 Å². The van der Waals surface area contributed by atoms with Gasteiger partial charge in [-0.15, -0.1) is 0 Å². The first kappa shape index (κ1) is 35.9. The van der Waals surface area contributed by atoms with Crippen LogP contribution < -0.4 is 9.31 Å². The Kier molecular flexibility index (Phi) is 10.5. The number of anilines is 2. The lowest BCUT2D eigenvalue weighted by Gasteiger charge is -2.39. The highest BCUT2D eigenvalue weighted by molar-refractivity contribution is 7.73. The Balaban J connectivity index is 1.03. The number of aliphatic carboxylic acids is 1. The van der Waals surface area contributed by atoms with Crippen molar-refractivity contribution in [3.8, 4) is 11.1 Å². The number of carbonyl (C=O) groups excluding carboxylic acids is 1. The van der Waals surface area contributed by atoms with Crippen molar-refractivity contribution in [2.75, 3.05) is 74.8 Å². The molecule has 0 spiro atoms. The molecule has 1 atom stereocenters. The normalized spacial score (nSPS) is 19.5. The summed E-state index contributed by atoms with van der Waals surface area (Å²) in [6.45, 7) is 6.16. The number of thiol groups is 1. The van der Waals surface area contributed by atoms with E-state index in [0.717, 1.165) is 87.0 Å². The van der Waals surface area contributed by atoms with Gasteiger partial charge in [0.1, 0.15) is 23.3 Å². The maximum absolute atomic E-state index is 15.9. The zero-order valence-electron chi connectivity index (χ0n) is 28.4. The quantitative estimate of drug-likeness (QED) is 0.154. The number of pyridine rings is 1. The van der Waals surface area contributed by atoms with Crippen molar-refractivity contribution in [3.63, 3.8) is 0 Å². The van der Waals surface area contributed by atoms with E-state index in [1.807, 2.05) is 29.2 Å². The number of H-pyrrole nitrogens is 1. The molecule has 7 rings (SSSR count). The highest BCUT2D eigenvalue weighted by Crippen LogP contribution is 2.33. The Morgan fingerprint density at radius 3 is 2.31 bits per heavy atom. The van der Waals surface area contributed by atoms with Gasteiger partial charge in [0.2, 0.25) is 16.7 Å². The van der Waals surface area contributed by atoms with Gasteiger partial charge in [-0.25, -0.2) is 31.6 Å². The number of ketones is 1. The van der Waals surface area contributed by atoms with E-state index in [1.165, 1.54) is 6.20 Å². The molecule has 3 aliphatic heterocycles. The number of hydrogen-bond donors (Lipinski definition) is 3. The summed E-state index contributed by atoms with van der Waals surface area (Å²) in [5.74, 6) is -3.72. The summed E-state index contributed by atoms with van der Waals surface area (Å²) in [6, 6.07) is 11.5. The number of benzene rings is 2. The summed E-state index contributed by atoms with van der Waals surface area (Å²) >= 11 is 0. The zero-order chi connectivity index (χ0) is 36.5. The molecule has 0 amide bonds. The molecule has 16 heteroatoms. The minimum atomic E-state index is -3.47. The first-order valence-electron chi connectivity index (χ1n) is 17.4. The molecule has 0 bridgehead atoms. The largest absolute Gasteiger partial charge is 0.480 e. The fourth-order valence-corrected chi connectivity index (χ4v) is 8.24. The lowest BCUT2D eigenvalue weighted by atomic mass is 9.96. The summed E-state index contributed by atoms with van der Waals surface area (Å²) in [4.78, 5) is 38.9. The van der Waals surface area contributed by atoms with Crippen molar-refractivity contribution < 1.29 is 36.3 Å². The summed E-state index contributed by atoms with van der Waals surface area (Å²) in [6.07, 6.45) is 3.75. The SMILES string of the molecule is O=C(O)CN1CCC(CN2CCN(c3ccc(-c4cnc5[nH]cc(C(=O)c6c(F)ccc(N(N7CC[C@@H](F)C7)[SH](=O)=O)c6F)c5c4)cc3)CC2)CC1. The molecule has 3 fully saturated rings. The van der Waals surface area contributed by atoms with Gasteiger partial charge in [0.15, 0.2) is 5.82 Å². The summed E-state index contributed by atoms with van der Waals surface area (Å²) in [5, 5.41) is 10.5. The van der Waals surface area contributed by atoms with E-state index in [4.69, 9.17) is 5.11 Å². The molecule has 12 nitrogen and oxygen atoms in total. The molecule has 2 N–H and O–H groups in total. The Labute approximate surface area is 300 Å². The van der Waals surface area contributed by atoms with E-state index in [9.17, 15) is 22.4 Å². The highest BCUT2D eigenvalue weighted by Gasteiger charge is 2.33. The number of alkyl halides is 1. The molecule has 3 saturated heterocycles. The lowest BCUT2D eigenvalue weighted by molar-refractivity contribution is -0.138. The van der Waals surface area contributed by atoms with E-state index >= 15 is 8.78 Å². The molecule has 0 radical (unpaired) electrons. The van der Waals surface area contributed by atoms with Crippen molar-refractivity contribution in [1.29, 1.82) is 0 Å². The van der Waals surface area contributed by atoms with Gasteiger partial charge in [0, 0.05) is 73.9 Å². The number of rotatable bonds is 11.